The van der Waals surface area contributed by atoms with Crippen molar-refractivity contribution in [3.63, 3.8) is 0 Å². The fourth-order valence-corrected chi connectivity index (χ4v) is 2.63. The van der Waals surface area contributed by atoms with E-state index in [1.54, 1.807) is 19.1 Å². The minimum Gasteiger partial charge on any atom is -0.399 e. The van der Waals surface area contributed by atoms with Gasteiger partial charge in [-0.25, -0.2) is 8.42 Å². The van der Waals surface area contributed by atoms with Crippen molar-refractivity contribution in [2.75, 3.05) is 17.2 Å². The van der Waals surface area contributed by atoms with Crippen LogP contribution in [0.15, 0.2) is 24.3 Å². The van der Waals surface area contributed by atoms with E-state index in [-0.39, 0.29) is 29.6 Å². The van der Waals surface area contributed by atoms with Crippen molar-refractivity contribution in [2.24, 2.45) is 0 Å². The number of nitrogen functional groups attached to an aromatic ring is 1. The van der Waals surface area contributed by atoms with E-state index in [4.69, 9.17) is 5.73 Å². The molecule has 0 spiro atoms. The molecule has 19 heavy (non-hydrogen) atoms. The van der Waals surface area contributed by atoms with Crippen molar-refractivity contribution in [3.8, 4) is 0 Å². The highest BCUT2D eigenvalue weighted by molar-refractivity contribution is 7.91. The highest BCUT2D eigenvalue weighted by Crippen LogP contribution is 2.21. The first-order valence-electron chi connectivity index (χ1n) is 6.41. The van der Waals surface area contributed by atoms with Gasteiger partial charge in [0.2, 0.25) is 0 Å². The van der Waals surface area contributed by atoms with Crippen molar-refractivity contribution in [2.45, 2.75) is 32.6 Å². The maximum atomic E-state index is 11.8. The van der Waals surface area contributed by atoms with Crippen LogP contribution in [0.1, 0.15) is 38.2 Å². The van der Waals surface area contributed by atoms with Gasteiger partial charge in [-0.1, -0.05) is 26.0 Å². The quantitative estimate of drug-likeness (QED) is 0.778. The van der Waals surface area contributed by atoms with Gasteiger partial charge >= 0.3 is 0 Å². The summed E-state index contributed by atoms with van der Waals surface area (Å²) in [5.74, 6) is 0.115. The van der Waals surface area contributed by atoms with E-state index in [1.807, 2.05) is 19.1 Å². The Morgan fingerprint density at radius 3 is 2.37 bits per heavy atom. The first-order valence-corrected chi connectivity index (χ1v) is 8.23. The predicted octanol–water partition coefficient (Wildman–Crippen LogP) is 2.16. The molecule has 0 aliphatic heterocycles. The number of hydrogen-bond acceptors (Lipinski definition) is 4. The van der Waals surface area contributed by atoms with E-state index in [9.17, 15) is 13.2 Å². The number of nitrogens with two attached hydrogens (primary N) is 1. The lowest BCUT2D eigenvalue weighted by Crippen LogP contribution is -2.14. The number of benzene rings is 1. The molecule has 2 N–H and O–H groups in total. The largest absolute Gasteiger partial charge is 0.399 e. The van der Waals surface area contributed by atoms with E-state index >= 15 is 0 Å². The molecule has 1 aromatic rings. The summed E-state index contributed by atoms with van der Waals surface area (Å²) in [5.41, 5.74) is 7.34. The van der Waals surface area contributed by atoms with Crippen LogP contribution in [0.25, 0.3) is 0 Å². The van der Waals surface area contributed by atoms with E-state index in [1.165, 1.54) is 0 Å². The lowest BCUT2D eigenvalue weighted by atomic mass is 9.95. The van der Waals surface area contributed by atoms with Crippen LogP contribution in [-0.4, -0.2) is 25.7 Å². The van der Waals surface area contributed by atoms with Crippen molar-refractivity contribution >= 4 is 21.3 Å². The molecule has 0 aromatic heterocycles. The van der Waals surface area contributed by atoms with E-state index < -0.39 is 9.84 Å². The summed E-state index contributed by atoms with van der Waals surface area (Å²) >= 11 is 0. The SMILES string of the molecule is CCS(=O)(=O)CCC(=O)CC(C)c1ccc(N)cc1. The van der Waals surface area contributed by atoms with Crippen LogP contribution in [0.5, 0.6) is 0 Å². The molecular formula is C14H21NO3S. The van der Waals surface area contributed by atoms with Crippen LogP contribution in [0.2, 0.25) is 0 Å². The molecule has 0 heterocycles. The molecule has 0 saturated heterocycles. The molecule has 106 valence electrons. The van der Waals surface area contributed by atoms with Gasteiger partial charge in [-0.05, 0) is 23.6 Å². The Balaban J connectivity index is 2.50. The van der Waals surface area contributed by atoms with Gasteiger partial charge in [-0.2, -0.15) is 0 Å². The average Bonchev–Trinajstić information content (AvgIpc) is 2.37. The third-order valence-electron chi connectivity index (χ3n) is 3.17. The molecule has 0 amide bonds. The molecule has 5 heteroatoms. The molecule has 4 nitrogen and oxygen atoms in total. The van der Waals surface area contributed by atoms with Crippen LogP contribution in [0.3, 0.4) is 0 Å². The lowest BCUT2D eigenvalue weighted by molar-refractivity contribution is -0.119. The molecule has 0 radical (unpaired) electrons. The van der Waals surface area contributed by atoms with Gasteiger partial charge in [-0.15, -0.1) is 0 Å². The zero-order valence-electron chi connectivity index (χ0n) is 11.4. The molecule has 1 rings (SSSR count). The number of anilines is 1. The molecule has 0 aliphatic rings. The molecule has 0 aliphatic carbocycles. The summed E-state index contributed by atoms with van der Waals surface area (Å²) in [7, 11) is -3.06. The number of hydrogen-bond donors (Lipinski definition) is 1. The third kappa shape index (κ3) is 5.42. The van der Waals surface area contributed by atoms with Crippen LogP contribution < -0.4 is 5.73 Å². The Labute approximate surface area is 114 Å². The summed E-state index contributed by atoms with van der Waals surface area (Å²) in [6.07, 6.45) is 0.471. The predicted molar refractivity (Wildman–Crippen MR) is 77.8 cm³/mol. The summed E-state index contributed by atoms with van der Waals surface area (Å²) in [5, 5.41) is 0. The number of sulfone groups is 1. The van der Waals surface area contributed by atoms with Crippen molar-refractivity contribution < 1.29 is 13.2 Å². The number of carbonyl (C=O) groups excluding carboxylic acids is 1. The van der Waals surface area contributed by atoms with Crippen LogP contribution in [0.4, 0.5) is 5.69 Å². The Morgan fingerprint density at radius 2 is 1.84 bits per heavy atom. The maximum Gasteiger partial charge on any atom is 0.150 e. The minimum absolute atomic E-state index is 0.0126. The third-order valence-corrected chi connectivity index (χ3v) is 4.88. The van der Waals surface area contributed by atoms with Gasteiger partial charge in [0.15, 0.2) is 0 Å². The van der Waals surface area contributed by atoms with Crippen LogP contribution in [-0.2, 0) is 14.6 Å². The van der Waals surface area contributed by atoms with Crippen molar-refractivity contribution in [1.82, 2.24) is 0 Å². The second-order valence-electron chi connectivity index (χ2n) is 4.80. The van der Waals surface area contributed by atoms with E-state index in [0.717, 1.165) is 5.56 Å². The molecule has 0 fully saturated rings. The Morgan fingerprint density at radius 1 is 1.26 bits per heavy atom. The fraction of sp³-hybridized carbons (Fsp3) is 0.500. The van der Waals surface area contributed by atoms with Gasteiger partial charge in [-0.3, -0.25) is 4.79 Å². The minimum atomic E-state index is -3.06. The van der Waals surface area contributed by atoms with Gasteiger partial charge < -0.3 is 5.73 Å². The average molecular weight is 283 g/mol. The zero-order valence-corrected chi connectivity index (χ0v) is 12.2. The number of Topliss-reactive ketones (excluding diaryl/α,β-unsaturated/α-hetero) is 1. The monoisotopic (exact) mass is 283 g/mol. The fourth-order valence-electron chi connectivity index (χ4n) is 1.80. The topological polar surface area (TPSA) is 77.2 Å². The number of carbonyl (C=O) groups is 1. The Kier molecular flexibility index (Phi) is 5.54. The van der Waals surface area contributed by atoms with E-state index in [0.29, 0.717) is 12.1 Å². The second kappa shape index (κ2) is 6.70. The van der Waals surface area contributed by atoms with Gasteiger partial charge in [0.05, 0.1) is 5.75 Å². The summed E-state index contributed by atoms with van der Waals surface area (Å²) in [6.45, 7) is 3.55. The van der Waals surface area contributed by atoms with Crippen LogP contribution in [0, 0.1) is 0 Å². The first-order chi connectivity index (χ1) is 8.84. The smallest absolute Gasteiger partial charge is 0.150 e. The van der Waals surface area contributed by atoms with Crippen molar-refractivity contribution in [1.29, 1.82) is 0 Å². The summed E-state index contributed by atoms with van der Waals surface area (Å²) < 4.78 is 22.7. The van der Waals surface area contributed by atoms with Crippen molar-refractivity contribution in [3.05, 3.63) is 29.8 Å². The summed E-state index contributed by atoms with van der Waals surface area (Å²) in [6, 6.07) is 7.40. The molecule has 1 atom stereocenters. The molecular weight excluding hydrogens is 262 g/mol. The molecule has 0 saturated carbocycles. The van der Waals surface area contributed by atoms with E-state index in [2.05, 4.69) is 0 Å². The number of rotatable bonds is 7. The van der Waals surface area contributed by atoms with Gasteiger partial charge in [0.1, 0.15) is 15.6 Å². The lowest BCUT2D eigenvalue weighted by Gasteiger charge is -2.11. The molecule has 1 aromatic carbocycles. The summed E-state index contributed by atoms with van der Waals surface area (Å²) in [4.78, 5) is 11.8. The second-order valence-corrected chi connectivity index (χ2v) is 7.27. The van der Waals surface area contributed by atoms with Gasteiger partial charge in [0.25, 0.3) is 0 Å². The molecule has 0 bridgehead atoms. The Hall–Kier alpha value is -1.36. The normalized spacial score (nSPS) is 13.2. The maximum absolute atomic E-state index is 11.8. The Bertz CT molecular complexity index is 520. The standard InChI is InChI=1S/C14H21NO3S/c1-3-19(17,18)9-8-14(16)10-11(2)12-4-6-13(15)7-5-12/h4-7,11H,3,8-10,15H2,1-2H3. The molecule has 1 unspecified atom stereocenters. The van der Waals surface area contributed by atoms with Gasteiger partial charge in [0, 0.05) is 24.3 Å². The highest BCUT2D eigenvalue weighted by Gasteiger charge is 2.14. The van der Waals surface area contributed by atoms with Crippen LogP contribution >= 0.6 is 0 Å². The first kappa shape index (κ1) is 15.7. The highest BCUT2D eigenvalue weighted by atomic mass is 32.2. The zero-order chi connectivity index (χ0) is 14.5. The number of ketones is 1.